The number of allylic oxidation sites excluding steroid dienone is 2. The fraction of sp³-hybridized carbons (Fsp3) is 0.800. The summed E-state index contributed by atoms with van der Waals surface area (Å²) in [6.07, 6.45) is 7.91. The Kier molecular flexibility index (Phi) is 6.40. The lowest BCUT2D eigenvalue weighted by molar-refractivity contribution is 0.571. The highest BCUT2D eigenvalue weighted by Crippen LogP contribution is 2.09. The van der Waals surface area contributed by atoms with Gasteiger partial charge in [-0.25, -0.2) is 0 Å². The maximum atomic E-state index is 5.59. The molecule has 0 fully saturated rings. The summed E-state index contributed by atoms with van der Waals surface area (Å²) < 4.78 is 0. The van der Waals surface area contributed by atoms with Gasteiger partial charge in [0, 0.05) is 0 Å². The molecule has 0 saturated carbocycles. The Morgan fingerprint density at radius 3 is 2.18 bits per heavy atom. The lowest BCUT2D eigenvalue weighted by Gasteiger charge is -2.02. The smallest absolute Gasteiger partial charge is 0.0699 e. The predicted molar refractivity (Wildman–Crippen MR) is 53.0 cm³/mol. The van der Waals surface area contributed by atoms with Crippen LogP contribution in [0.4, 0.5) is 0 Å². The van der Waals surface area contributed by atoms with Crippen LogP contribution in [-0.2, 0) is 0 Å². The highest BCUT2D eigenvalue weighted by molar-refractivity contribution is 6.11. The fourth-order valence-electron chi connectivity index (χ4n) is 0.806. The van der Waals surface area contributed by atoms with E-state index in [9.17, 15) is 0 Å². The molecule has 11 heavy (non-hydrogen) atoms. The Hall–Kier alpha value is -0.195. The highest BCUT2D eigenvalue weighted by Gasteiger charge is 1.93. The molecule has 0 nitrogen and oxygen atoms in total. The van der Waals surface area contributed by atoms with Gasteiger partial charge in [0.2, 0.25) is 0 Å². The van der Waals surface area contributed by atoms with Crippen LogP contribution in [0.25, 0.3) is 0 Å². The molecule has 62 valence electrons. The molecule has 0 aromatic carbocycles. The Morgan fingerprint density at radius 2 is 1.73 bits per heavy atom. The molecule has 2 radical (unpaired) electrons. The second-order valence-electron chi connectivity index (χ2n) is 3.43. The molecule has 0 aliphatic carbocycles. The molecule has 0 aromatic heterocycles. The SMILES string of the molecule is [B]C(C)C/C=C\CC(C)CC. The maximum absolute atomic E-state index is 5.59. The quantitative estimate of drug-likeness (QED) is 0.416. The molecular formula is C10H19B. The van der Waals surface area contributed by atoms with Gasteiger partial charge in [-0.2, -0.15) is 0 Å². The molecule has 0 bridgehead atoms. The van der Waals surface area contributed by atoms with Crippen LogP contribution < -0.4 is 0 Å². The third kappa shape index (κ3) is 7.70. The third-order valence-corrected chi connectivity index (χ3v) is 1.91. The van der Waals surface area contributed by atoms with Gasteiger partial charge in [0.1, 0.15) is 0 Å². The lowest BCUT2D eigenvalue weighted by atomic mass is 9.86. The zero-order valence-electron chi connectivity index (χ0n) is 8.01. The van der Waals surface area contributed by atoms with Crippen molar-refractivity contribution in [2.24, 2.45) is 5.92 Å². The van der Waals surface area contributed by atoms with E-state index in [4.69, 9.17) is 7.85 Å². The van der Waals surface area contributed by atoms with Gasteiger partial charge in [0.25, 0.3) is 0 Å². The minimum atomic E-state index is 0.309. The van der Waals surface area contributed by atoms with E-state index in [0.29, 0.717) is 5.82 Å². The topological polar surface area (TPSA) is 0 Å². The van der Waals surface area contributed by atoms with Crippen LogP contribution in [0.2, 0.25) is 5.82 Å². The Bertz CT molecular complexity index is 105. The molecular weight excluding hydrogens is 131 g/mol. The predicted octanol–water partition coefficient (Wildman–Crippen LogP) is 3.35. The lowest BCUT2D eigenvalue weighted by Crippen LogP contribution is -1.88. The second kappa shape index (κ2) is 6.51. The van der Waals surface area contributed by atoms with Gasteiger partial charge in [-0.15, -0.1) is 0 Å². The van der Waals surface area contributed by atoms with Gasteiger partial charge in [-0.1, -0.05) is 45.2 Å². The molecule has 0 aliphatic rings. The van der Waals surface area contributed by atoms with Crippen molar-refractivity contribution in [1.29, 1.82) is 0 Å². The number of hydrogen-bond donors (Lipinski definition) is 0. The van der Waals surface area contributed by atoms with E-state index < -0.39 is 0 Å². The first-order valence-electron chi connectivity index (χ1n) is 4.57. The first kappa shape index (κ1) is 10.8. The molecule has 0 aromatic rings. The van der Waals surface area contributed by atoms with Crippen LogP contribution in [0.1, 0.15) is 40.0 Å². The second-order valence-corrected chi connectivity index (χ2v) is 3.43. The highest BCUT2D eigenvalue weighted by atomic mass is 14.0. The van der Waals surface area contributed by atoms with Gasteiger partial charge < -0.3 is 0 Å². The van der Waals surface area contributed by atoms with Gasteiger partial charge in [-0.3, -0.25) is 0 Å². The van der Waals surface area contributed by atoms with Crippen molar-refractivity contribution >= 4 is 7.85 Å². The Labute approximate surface area is 72.5 Å². The monoisotopic (exact) mass is 150 g/mol. The summed E-state index contributed by atoms with van der Waals surface area (Å²) in [5.74, 6) is 1.13. The van der Waals surface area contributed by atoms with Crippen LogP contribution >= 0.6 is 0 Å². The summed E-state index contributed by atoms with van der Waals surface area (Å²) in [5.41, 5.74) is 0. The average Bonchev–Trinajstić information content (AvgIpc) is 1.97. The summed E-state index contributed by atoms with van der Waals surface area (Å²) in [7, 11) is 5.59. The number of rotatable bonds is 5. The van der Waals surface area contributed by atoms with Gasteiger partial charge in [-0.05, 0) is 18.8 Å². The fourth-order valence-corrected chi connectivity index (χ4v) is 0.806. The van der Waals surface area contributed by atoms with Crippen LogP contribution in [0.5, 0.6) is 0 Å². The van der Waals surface area contributed by atoms with Crippen molar-refractivity contribution in [3.05, 3.63) is 12.2 Å². The largest absolute Gasteiger partial charge is 0.0890 e. The van der Waals surface area contributed by atoms with E-state index in [1.165, 1.54) is 12.8 Å². The molecule has 0 amide bonds. The van der Waals surface area contributed by atoms with Gasteiger partial charge in [0.15, 0.2) is 0 Å². The van der Waals surface area contributed by atoms with Crippen molar-refractivity contribution in [3.63, 3.8) is 0 Å². The van der Waals surface area contributed by atoms with Crippen LogP contribution in [0.3, 0.4) is 0 Å². The summed E-state index contributed by atoms with van der Waals surface area (Å²) in [5, 5.41) is 0. The van der Waals surface area contributed by atoms with Gasteiger partial charge >= 0.3 is 0 Å². The van der Waals surface area contributed by atoms with Crippen molar-refractivity contribution in [2.45, 2.75) is 45.9 Å². The molecule has 2 atom stereocenters. The summed E-state index contributed by atoms with van der Waals surface area (Å²) in [4.78, 5) is 0. The molecule has 0 saturated heterocycles. The first-order valence-corrected chi connectivity index (χ1v) is 4.57. The molecule has 0 aliphatic heterocycles. The van der Waals surface area contributed by atoms with E-state index in [1.807, 2.05) is 6.92 Å². The zero-order valence-corrected chi connectivity index (χ0v) is 8.01. The summed E-state index contributed by atoms with van der Waals surface area (Å²) in [6.45, 7) is 6.54. The van der Waals surface area contributed by atoms with Crippen molar-refractivity contribution in [1.82, 2.24) is 0 Å². The molecule has 0 N–H and O–H groups in total. The Balaban J connectivity index is 3.29. The van der Waals surface area contributed by atoms with Crippen LogP contribution in [-0.4, -0.2) is 7.85 Å². The minimum Gasteiger partial charge on any atom is -0.0890 e. The third-order valence-electron chi connectivity index (χ3n) is 1.91. The normalized spacial score (nSPS) is 17.0. The van der Waals surface area contributed by atoms with E-state index in [0.717, 1.165) is 12.3 Å². The van der Waals surface area contributed by atoms with Crippen LogP contribution in [0.15, 0.2) is 12.2 Å². The minimum absolute atomic E-state index is 0.309. The van der Waals surface area contributed by atoms with Crippen molar-refractivity contribution in [3.8, 4) is 0 Å². The summed E-state index contributed by atoms with van der Waals surface area (Å²) in [6, 6.07) is 0. The molecule has 0 spiro atoms. The average molecular weight is 150 g/mol. The van der Waals surface area contributed by atoms with Crippen molar-refractivity contribution < 1.29 is 0 Å². The molecule has 2 unspecified atom stereocenters. The number of hydrogen-bond acceptors (Lipinski definition) is 0. The molecule has 0 rings (SSSR count). The van der Waals surface area contributed by atoms with Crippen LogP contribution in [0, 0.1) is 5.92 Å². The van der Waals surface area contributed by atoms with E-state index >= 15 is 0 Å². The first-order chi connectivity index (χ1) is 5.16. The van der Waals surface area contributed by atoms with E-state index in [1.54, 1.807) is 0 Å². The molecule has 1 heteroatoms. The van der Waals surface area contributed by atoms with Crippen molar-refractivity contribution in [2.75, 3.05) is 0 Å². The zero-order chi connectivity index (χ0) is 8.69. The molecule has 0 heterocycles. The van der Waals surface area contributed by atoms with Gasteiger partial charge in [0.05, 0.1) is 7.85 Å². The maximum Gasteiger partial charge on any atom is 0.0699 e. The van der Waals surface area contributed by atoms with E-state index in [2.05, 4.69) is 26.0 Å². The Morgan fingerprint density at radius 1 is 1.18 bits per heavy atom. The standard InChI is InChI=1S/C10H19B/c1-4-9(2)7-5-6-8-10(3)11/h5-6,9-10H,4,7-8H2,1-3H3/b6-5-. The summed E-state index contributed by atoms with van der Waals surface area (Å²) >= 11 is 0. The van der Waals surface area contributed by atoms with E-state index in [-0.39, 0.29) is 0 Å².